The molecule has 0 aliphatic heterocycles. The summed E-state index contributed by atoms with van der Waals surface area (Å²) in [6, 6.07) is 7.43. The van der Waals surface area contributed by atoms with Crippen LogP contribution in [0.4, 0.5) is 0 Å². The van der Waals surface area contributed by atoms with Gasteiger partial charge in [-0.25, -0.2) is 0 Å². The van der Waals surface area contributed by atoms with E-state index < -0.39 is 6.10 Å². The molecule has 3 nitrogen and oxygen atoms in total. The minimum absolute atomic E-state index is 0.0928. The maximum absolute atomic E-state index is 11.9. The Morgan fingerprint density at radius 3 is 2.44 bits per heavy atom. The van der Waals surface area contributed by atoms with E-state index >= 15 is 0 Å². The predicted octanol–water partition coefficient (Wildman–Crippen LogP) is 3.52. The lowest BCUT2D eigenvalue weighted by Crippen LogP contribution is -2.48. The molecule has 0 saturated carbocycles. The van der Waals surface area contributed by atoms with Gasteiger partial charge in [-0.1, -0.05) is 22.9 Å². The second kappa shape index (κ2) is 6.23. The van der Waals surface area contributed by atoms with Crippen LogP contribution in [0, 0.1) is 0 Å². The zero-order chi connectivity index (χ0) is 13.8. The fourth-order valence-corrected chi connectivity index (χ4v) is 1.56. The summed E-state index contributed by atoms with van der Waals surface area (Å²) in [6.45, 7) is 7.79. The highest BCUT2D eigenvalue weighted by Crippen LogP contribution is 2.17. The molecule has 0 spiro atoms. The van der Waals surface area contributed by atoms with E-state index in [0.29, 0.717) is 5.75 Å². The largest absolute Gasteiger partial charge is 0.481 e. The van der Waals surface area contributed by atoms with Crippen LogP contribution in [0.15, 0.2) is 28.7 Å². The fourth-order valence-electron chi connectivity index (χ4n) is 1.29. The molecule has 4 heteroatoms. The normalized spacial score (nSPS) is 12.9. The molecule has 0 aliphatic carbocycles. The molecular formula is C14H20BrNO2. The molecule has 1 N–H and O–H groups in total. The van der Waals surface area contributed by atoms with E-state index in [2.05, 4.69) is 21.2 Å². The van der Waals surface area contributed by atoms with Crippen molar-refractivity contribution in [3.05, 3.63) is 28.7 Å². The van der Waals surface area contributed by atoms with Gasteiger partial charge in [0.2, 0.25) is 0 Å². The highest BCUT2D eigenvalue weighted by molar-refractivity contribution is 9.10. The molecular weight excluding hydrogens is 294 g/mol. The van der Waals surface area contributed by atoms with Gasteiger partial charge in [0.05, 0.1) is 0 Å². The number of hydrogen-bond donors (Lipinski definition) is 1. The van der Waals surface area contributed by atoms with Crippen LogP contribution in [0.5, 0.6) is 5.75 Å². The fraction of sp³-hybridized carbons (Fsp3) is 0.500. The van der Waals surface area contributed by atoms with Crippen LogP contribution >= 0.6 is 15.9 Å². The monoisotopic (exact) mass is 313 g/mol. The number of amides is 1. The molecule has 0 aromatic heterocycles. The smallest absolute Gasteiger partial charge is 0.261 e. The van der Waals surface area contributed by atoms with Crippen molar-refractivity contribution in [2.75, 3.05) is 0 Å². The first-order valence-electron chi connectivity index (χ1n) is 6.08. The average Bonchev–Trinajstić information content (AvgIpc) is 2.31. The van der Waals surface area contributed by atoms with Crippen LogP contribution in [0.3, 0.4) is 0 Å². The van der Waals surface area contributed by atoms with Crippen molar-refractivity contribution in [1.82, 2.24) is 5.32 Å². The predicted molar refractivity (Wildman–Crippen MR) is 76.7 cm³/mol. The number of benzene rings is 1. The van der Waals surface area contributed by atoms with Gasteiger partial charge in [0.25, 0.3) is 5.91 Å². The molecule has 1 unspecified atom stereocenters. The molecule has 18 heavy (non-hydrogen) atoms. The van der Waals surface area contributed by atoms with Gasteiger partial charge in [-0.05, 0) is 51.5 Å². The molecule has 1 rings (SSSR count). The van der Waals surface area contributed by atoms with Crippen molar-refractivity contribution in [2.24, 2.45) is 0 Å². The Morgan fingerprint density at radius 1 is 1.39 bits per heavy atom. The summed E-state index contributed by atoms with van der Waals surface area (Å²) in [4.78, 5) is 11.9. The zero-order valence-electron chi connectivity index (χ0n) is 11.3. The van der Waals surface area contributed by atoms with Crippen LogP contribution in [0.1, 0.15) is 34.1 Å². The van der Waals surface area contributed by atoms with Crippen molar-refractivity contribution < 1.29 is 9.53 Å². The van der Waals surface area contributed by atoms with Crippen LogP contribution in [-0.2, 0) is 4.79 Å². The summed E-state index contributed by atoms with van der Waals surface area (Å²) >= 11 is 3.35. The molecule has 1 aromatic carbocycles. The maximum Gasteiger partial charge on any atom is 0.261 e. The Hall–Kier alpha value is -1.03. The second-order valence-electron chi connectivity index (χ2n) is 4.94. The quantitative estimate of drug-likeness (QED) is 0.903. The van der Waals surface area contributed by atoms with Crippen LogP contribution in [0.2, 0.25) is 0 Å². The first-order chi connectivity index (χ1) is 8.34. The van der Waals surface area contributed by atoms with E-state index in [1.807, 2.05) is 45.0 Å². The van der Waals surface area contributed by atoms with Crippen molar-refractivity contribution in [3.63, 3.8) is 0 Å². The molecule has 0 radical (unpaired) electrons. The average molecular weight is 314 g/mol. The number of carbonyl (C=O) groups excluding carboxylic acids is 1. The van der Waals surface area contributed by atoms with Gasteiger partial charge < -0.3 is 10.1 Å². The summed E-state index contributed by atoms with van der Waals surface area (Å²) in [5.74, 6) is 0.597. The standard InChI is InChI=1S/C14H20BrNO2/c1-5-14(3,4)16-13(17)10(2)18-12-8-6-11(15)7-9-12/h6-10H,5H2,1-4H3,(H,16,17). The minimum Gasteiger partial charge on any atom is -0.481 e. The third-order valence-electron chi connectivity index (χ3n) is 2.84. The van der Waals surface area contributed by atoms with Gasteiger partial charge in [-0.2, -0.15) is 0 Å². The summed E-state index contributed by atoms with van der Waals surface area (Å²) in [5.41, 5.74) is -0.200. The Labute approximate surface area is 117 Å². The van der Waals surface area contributed by atoms with Gasteiger partial charge in [-0.3, -0.25) is 4.79 Å². The summed E-state index contributed by atoms with van der Waals surface area (Å²) in [7, 11) is 0. The van der Waals surface area contributed by atoms with Crippen molar-refractivity contribution in [1.29, 1.82) is 0 Å². The summed E-state index contributed by atoms with van der Waals surface area (Å²) in [6.07, 6.45) is 0.376. The molecule has 0 bridgehead atoms. The topological polar surface area (TPSA) is 38.3 Å². The Morgan fingerprint density at radius 2 is 1.94 bits per heavy atom. The van der Waals surface area contributed by atoms with Crippen LogP contribution in [0.25, 0.3) is 0 Å². The van der Waals surface area contributed by atoms with Crippen molar-refractivity contribution in [3.8, 4) is 5.75 Å². The van der Waals surface area contributed by atoms with E-state index in [1.54, 1.807) is 6.92 Å². The molecule has 1 aromatic rings. The first-order valence-corrected chi connectivity index (χ1v) is 6.87. The number of hydrogen-bond acceptors (Lipinski definition) is 2. The minimum atomic E-state index is -0.503. The molecule has 0 fully saturated rings. The third kappa shape index (κ3) is 4.69. The highest BCUT2D eigenvalue weighted by atomic mass is 79.9. The van der Waals surface area contributed by atoms with Crippen molar-refractivity contribution in [2.45, 2.75) is 45.8 Å². The zero-order valence-corrected chi connectivity index (χ0v) is 12.9. The number of halogens is 1. The SMILES string of the molecule is CCC(C)(C)NC(=O)C(C)Oc1ccc(Br)cc1. The molecule has 0 aliphatic rings. The number of rotatable bonds is 5. The maximum atomic E-state index is 11.9. The number of carbonyl (C=O) groups is 1. The van der Waals surface area contributed by atoms with E-state index in [1.165, 1.54) is 0 Å². The van der Waals surface area contributed by atoms with E-state index in [-0.39, 0.29) is 11.4 Å². The second-order valence-corrected chi connectivity index (χ2v) is 5.86. The van der Waals surface area contributed by atoms with Gasteiger partial charge in [0.1, 0.15) is 5.75 Å². The summed E-state index contributed by atoms with van der Waals surface area (Å²) < 4.78 is 6.57. The molecule has 0 saturated heterocycles. The van der Waals surface area contributed by atoms with Crippen LogP contribution in [-0.4, -0.2) is 17.6 Å². The number of ether oxygens (including phenoxy) is 1. The summed E-state index contributed by atoms with van der Waals surface area (Å²) in [5, 5.41) is 2.96. The Kier molecular flexibility index (Phi) is 5.20. The lowest BCUT2D eigenvalue weighted by molar-refractivity contribution is -0.128. The van der Waals surface area contributed by atoms with E-state index in [0.717, 1.165) is 10.9 Å². The van der Waals surface area contributed by atoms with Gasteiger partial charge in [-0.15, -0.1) is 0 Å². The molecule has 100 valence electrons. The molecule has 0 heterocycles. The highest BCUT2D eigenvalue weighted by Gasteiger charge is 2.22. The van der Waals surface area contributed by atoms with E-state index in [4.69, 9.17) is 4.74 Å². The van der Waals surface area contributed by atoms with Gasteiger partial charge >= 0.3 is 0 Å². The van der Waals surface area contributed by atoms with E-state index in [9.17, 15) is 4.79 Å². The Balaban J connectivity index is 2.57. The Bertz CT molecular complexity index is 401. The lowest BCUT2D eigenvalue weighted by atomic mass is 10.0. The molecule has 1 amide bonds. The number of nitrogens with one attached hydrogen (secondary N) is 1. The lowest BCUT2D eigenvalue weighted by Gasteiger charge is -2.26. The first kappa shape index (κ1) is 15.0. The van der Waals surface area contributed by atoms with Gasteiger partial charge in [0, 0.05) is 10.0 Å². The third-order valence-corrected chi connectivity index (χ3v) is 3.37. The van der Waals surface area contributed by atoms with Crippen molar-refractivity contribution >= 4 is 21.8 Å². The molecule has 1 atom stereocenters. The van der Waals surface area contributed by atoms with Gasteiger partial charge in [0.15, 0.2) is 6.10 Å². The van der Waals surface area contributed by atoms with Crippen LogP contribution < -0.4 is 10.1 Å².